The Bertz CT molecular complexity index is 1390. The van der Waals surface area contributed by atoms with Crippen LogP contribution >= 0.6 is 0 Å². The first kappa shape index (κ1) is 25.2. The van der Waals surface area contributed by atoms with Crippen molar-refractivity contribution in [1.82, 2.24) is 19.5 Å². The summed E-state index contributed by atoms with van der Waals surface area (Å²) in [4.78, 5) is 13.8. The van der Waals surface area contributed by atoms with E-state index in [0.29, 0.717) is 19.1 Å². The maximum atomic E-state index is 10.1. The highest BCUT2D eigenvalue weighted by atomic mass is 16.5. The van der Waals surface area contributed by atoms with Gasteiger partial charge >= 0.3 is 0 Å². The van der Waals surface area contributed by atoms with Crippen LogP contribution in [0.1, 0.15) is 48.4 Å². The number of hydrogen-bond acceptors (Lipinski definition) is 6. The summed E-state index contributed by atoms with van der Waals surface area (Å²) in [5.74, 6) is 0.763. The highest BCUT2D eigenvalue weighted by molar-refractivity contribution is 5.82. The van der Waals surface area contributed by atoms with Crippen molar-refractivity contribution in [2.75, 3.05) is 18.5 Å². The molecule has 7 heteroatoms. The molecule has 1 aliphatic rings. The fourth-order valence-corrected chi connectivity index (χ4v) is 5.41. The predicted molar refractivity (Wildman–Crippen MR) is 152 cm³/mol. The number of ether oxygens (including phenoxy) is 1. The van der Waals surface area contributed by atoms with Crippen molar-refractivity contribution in [1.29, 1.82) is 0 Å². The number of hydrogen-bond donors (Lipinski definition) is 2. The van der Waals surface area contributed by atoms with Crippen molar-refractivity contribution in [2.45, 2.75) is 43.4 Å². The summed E-state index contributed by atoms with van der Waals surface area (Å²) in [6.07, 6.45) is 7.41. The standard InChI is InChI=1S/C32H33N5O2/c38-20-19-28(37-23-35-29-30(33-22-34-31(29)37)36-27-17-10-18-27)21-39-32(24-11-4-1-5-12-24,25-13-6-2-7-14-25)26-15-8-3-9-16-26/h1-9,11-16,22-23,27-28,38H,10,17-21H2,(H,33,34,36). The van der Waals surface area contributed by atoms with E-state index in [2.05, 4.69) is 51.7 Å². The molecule has 0 radical (unpaired) electrons. The van der Waals surface area contributed by atoms with E-state index in [1.54, 1.807) is 12.7 Å². The summed E-state index contributed by atoms with van der Waals surface area (Å²) in [5, 5.41) is 13.6. The zero-order valence-corrected chi connectivity index (χ0v) is 21.9. The normalized spacial score (nSPS) is 14.7. The third kappa shape index (κ3) is 4.91. The van der Waals surface area contributed by atoms with E-state index in [4.69, 9.17) is 9.72 Å². The summed E-state index contributed by atoms with van der Waals surface area (Å²) in [6.45, 7) is 0.348. The van der Waals surface area contributed by atoms with Crippen LogP contribution in [0.5, 0.6) is 0 Å². The van der Waals surface area contributed by atoms with Gasteiger partial charge in [-0.2, -0.15) is 0 Å². The molecule has 2 N–H and O–H groups in total. The highest BCUT2D eigenvalue weighted by Gasteiger charge is 2.38. The third-order valence-electron chi connectivity index (χ3n) is 7.69. The van der Waals surface area contributed by atoms with Crippen LogP contribution in [-0.2, 0) is 10.3 Å². The molecule has 2 heterocycles. The molecule has 198 valence electrons. The predicted octanol–water partition coefficient (Wildman–Crippen LogP) is 5.72. The first-order chi connectivity index (χ1) is 19.3. The molecule has 0 saturated heterocycles. The van der Waals surface area contributed by atoms with Crippen LogP contribution in [0.15, 0.2) is 104 Å². The average Bonchev–Trinajstić information content (AvgIpc) is 3.41. The van der Waals surface area contributed by atoms with Crippen molar-refractivity contribution in [3.8, 4) is 0 Å². The monoisotopic (exact) mass is 519 g/mol. The number of aliphatic hydroxyl groups excluding tert-OH is 1. The first-order valence-corrected chi connectivity index (χ1v) is 13.6. The number of rotatable bonds is 11. The molecule has 1 unspecified atom stereocenters. The Hall–Kier alpha value is -4.07. The Morgan fingerprint density at radius 1 is 0.846 bits per heavy atom. The van der Waals surface area contributed by atoms with Crippen molar-refractivity contribution in [3.63, 3.8) is 0 Å². The maximum absolute atomic E-state index is 10.1. The molecule has 5 aromatic rings. The fraction of sp³-hybridized carbons (Fsp3) is 0.281. The minimum atomic E-state index is -0.847. The number of aliphatic hydroxyl groups is 1. The van der Waals surface area contributed by atoms with Crippen LogP contribution < -0.4 is 5.32 Å². The summed E-state index contributed by atoms with van der Waals surface area (Å²) in [5.41, 5.74) is 3.74. The second kappa shape index (κ2) is 11.4. The second-order valence-electron chi connectivity index (χ2n) is 10.1. The summed E-state index contributed by atoms with van der Waals surface area (Å²) in [7, 11) is 0. The molecule has 7 nitrogen and oxygen atoms in total. The van der Waals surface area contributed by atoms with E-state index in [0.717, 1.165) is 46.5 Å². The van der Waals surface area contributed by atoms with E-state index in [1.165, 1.54) is 6.42 Å². The second-order valence-corrected chi connectivity index (χ2v) is 10.1. The SMILES string of the molecule is OCCC(COC(c1ccccc1)(c1ccccc1)c1ccccc1)n1cnc2c(NC3CCC3)ncnc21. The Balaban J connectivity index is 1.40. The quantitative estimate of drug-likeness (QED) is 0.217. The van der Waals surface area contributed by atoms with Crippen molar-refractivity contribution in [3.05, 3.63) is 120 Å². The van der Waals surface area contributed by atoms with Gasteiger partial charge in [0.15, 0.2) is 11.5 Å². The summed E-state index contributed by atoms with van der Waals surface area (Å²) >= 11 is 0. The largest absolute Gasteiger partial charge is 0.396 e. The van der Waals surface area contributed by atoms with Gasteiger partial charge in [0.05, 0.1) is 19.0 Å². The van der Waals surface area contributed by atoms with Crippen LogP contribution in [0, 0.1) is 0 Å². The van der Waals surface area contributed by atoms with Crippen LogP contribution in [-0.4, -0.2) is 43.9 Å². The van der Waals surface area contributed by atoms with Gasteiger partial charge in [0.2, 0.25) is 0 Å². The number of nitrogens with one attached hydrogen (secondary N) is 1. The zero-order valence-electron chi connectivity index (χ0n) is 21.9. The smallest absolute Gasteiger partial charge is 0.165 e. The lowest BCUT2D eigenvalue weighted by Gasteiger charge is -2.37. The molecule has 1 aliphatic carbocycles. The van der Waals surface area contributed by atoms with Gasteiger partial charge in [0.1, 0.15) is 17.4 Å². The highest BCUT2D eigenvalue weighted by Crippen LogP contribution is 2.41. The van der Waals surface area contributed by atoms with E-state index in [-0.39, 0.29) is 12.6 Å². The van der Waals surface area contributed by atoms with E-state index < -0.39 is 5.60 Å². The molecule has 2 aromatic heterocycles. The van der Waals surface area contributed by atoms with Crippen LogP contribution in [0.2, 0.25) is 0 Å². The van der Waals surface area contributed by atoms with Gasteiger partial charge in [-0.25, -0.2) is 15.0 Å². The van der Waals surface area contributed by atoms with Crippen molar-refractivity contribution in [2.24, 2.45) is 0 Å². The Kier molecular flexibility index (Phi) is 7.34. The zero-order chi connectivity index (χ0) is 26.5. The summed E-state index contributed by atoms with van der Waals surface area (Å²) in [6, 6.07) is 31.2. The molecule has 1 fully saturated rings. The lowest BCUT2D eigenvalue weighted by molar-refractivity contribution is -0.00889. The molecule has 0 spiro atoms. The number of nitrogens with zero attached hydrogens (tertiary/aromatic N) is 4. The van der Waals surface area contributed by atoms with Gasteiger partial charge in [-0.1, -0.05) is 91.0 Å². The molecule has 39 heavy (non-hydrogen) atoms. The molecule has 0 bridgehead atoms. The maximum Gasteiger partial charge on any atom is 0.165 e. The number of imidazole rings is 1. The lowest BCUT2D eigenvalue weighted by Crippen LogP contribution is -2.35. The molecule has 1 saturated carbocycles. The minimum absolute atomic E-state index is 0.0149. The number of benzene rings is 3. The van der Waals surface area contributed by atoms with Crippen molar-refractivity contribution < 1.29 is 9.84 Å². The Morgan fingerprint density at radius 3 is 1.95 bits per heavy atom. The van der Waals surface area contributed by atoms with Gasteiger partial charge in [-0.05, 0) is 42.4 Å². The molecular formula is C32H33N5O2. The number of aromatic nitrogens is 4. The van der Waals surface area contributed by atoms with Crippen molar-refractivity contribution >= 4 is 17.0 Å². The first-order valence-electron chi connectivity index (χ1n) is 13.6. The van der Waals surface area contributed by atoms with Gasteiger partial charge in [-0.15, -0.1) is 0 Å². The van der Waals surface area contributed by atoms with Gasteiger partial charge < -0.3 is 19.7 Å². The van der Waals surface area contributed by atoms with Crippen LogP contribution in [0.25, 0.3) is 11.2 Å². The number of anilines is 1. The fourth-order valence-electron chi connectivity index (χ4n) is 5.41. The van der Waals surface area contributed by atoms with Crippen LogP contribution in [0.4, 0.5) is 5.82 Å². The van der Waals surface area contributed by atoms with E-state index >= 15 is 0 Å². The molecule has 6 rings (SSSR count). The molecule has 0 aliphatic heterocycles. The minimum Gasteiger partial charge on any atom is -0.396 e. The van der Waals surface area contributed by atoms with Gasteiger partial charge in [-0.3, -0.25) is 0 Å². The lowest BCUT2D eigenvalue weighted by atomic mass is 9.80. The van der Waals surface area contributed by atoms with Gasteiger partial charge in [0, 0.05) is 12.6 Å². The molecule has 1 atom stereocenters. The van der Waals surface area contributed by atoms with E-state index in [9.17, 15) is 5.11 Å². The third-order valence-corrected chi connectivity index (χ3v) is 7.69. The molecule has 0 amide bonds. The summed E-state index contributed by atoms with van der Waals surface area (Å²) < 4.78 is 9.10. The van der Waals surface area contributed by atoms with Crippen LogP contribution in [0.3, 0.4) is 0 Å². The number of fused-ring (bicyclic) bond motifs is 1. The van der Waals surface area contributed by atoms with Gasteiger partial charge in [0.25, 0.3) is 0 Å². The molecular weight excluding hydrogens is 486 g/mol. The Morgan fingerprint density at radius 2 is 1.44 bits per heavy atom. The topological polar surface area (TPSA) is 85.1 Å². The Labute approximate surface area is 228 Å². The van der Waals surface area contributed by atoms with E-state index in [1.807, 2.05) is 59.2 Å². The molecule has 3 aromatic carbocycles. The average molecular weight is 520 g/mol.